The molecule has 0 atom stereocenters. The number of carbonyl (C=O) groups is 1. The van der Waals surface area contributed by atoms with E-state index < -0.39 is 10.0 Å². The summed E-state index contributed by atoms with van der Waals surface area (Å²) in [6, 6.07) is 28.3. The molecule has 0 spiro atoms. The monoisotopic (exact) mass is 596 g/mol. The number of anilines is 2. The van der Waals surface area contributed by atoms with Gasteiger partial charge in [0.15, 0.2) is 5.75 Å². The van der Waals surface area contributed by atoms with Crippen molar-refractivity contribution in [2.45, 2.75) is 6.54 Å². The van der Waals surface area contributed by atoms with Gasteiger partial charge in [0.05, 0.1) is 29.1 Å². The minimum Gasteiger partial charge on any atom is -0.455 e. The highest BCUT2D eigenvalue weighted by Gasteiger charge is 2.20. The zero-order valence-corrected chi connectivity index (χ0v) is 23.7. The fraction of sp³-hybridized carbons (Fsp3) is 0.0690. The molecular weight excluding hydrogens is 575 g/mol. The Bertz CT molecular complexity index is 1760. The number of amides is 1. The van der Waals surface area contributed by atoms with E-state index in [9.17, 15) is 13.2 Å². The first-order chi connectivity index (χ1) is 18.7. The summed E-state index contributed by atoms with van der Waals surface area (Å²) in [5.74, 6) is 0.742. The van der Waals surface area contributed by atoms with Crippen molar-refractivity contribution in [3.8, 4) is 11.5 Å². The number of ether oxygens (including phenoxy) is 1. The highest BCUT2D eigenvalue weighted by atomic mass is 35.5. The molecule has 0 aliphatic rings. The van der Waals surface area contributed by atoms with Gasteiger partial charge in [-0.05, 0) is 77.7 Å². The number of carbonyl (C=O) groups excluding carboxylic acids is 1. The number of benzene rings is 4. The highest BCUT2D eigenvalue weighted by Crippen LogP contribution is 2.35. The Balaban J connectivity index is 1.41. The molecule has 10 heteroatoms. The Kier molecular flexibility index (Phi) is 7.81. The van der Waals surface area contributed by atoms with Gasteiger partial charge in [-0.2, -0.15) is 0 Å². The van der Waals surface area contributed by atoms with E-state index in [1.165, 1.54) is 21.9 Å². The maximum Gasteiger partial charge on any atom is 0.265 e. The first kappa shape index (κ1) is 27.0. The molecule has 0 fully saturated rings. The van der Waals surface area contributed by atoms with Crippen molar-refractivity contribution in [3.63, 3.8) is 0 Å². The Morgan fingerprint density at radius 3 is 2.33 bits per heavy atom. The second-order valence-corrected chi connectivity index (χ2v) is 12.6. The van der Waals surface area contributed by atoms with Gasteiger partial charge in [0.1, 0.15) is 5.75 Å². The Morgan fingerprint density at radius 2 is 1.62 bits per heavy atom. The number of hydrogen-bond acceptors (Lipinski definition) is 5. The van der Waals surface area contributed by atoms with Crippen LogP contribution in [-0.4, -0.2) is 20.6 Å². The Morgan fingerprint density at radius 1 is 0.897 bits per heavy atom. The summed E-state index contributed by atoms with van der Waals surface area (Å²) in [5, 5.41) is 4.67. The molecule has 1 amide bonds. The number of nitrogens with one attached hydrogen (secondary N) is 1. The molecule has 198 valence electrons. The third kappa shape index (κ3) is 6.54. The summed E-state index contributed by atoms with van der Waals surface area (Å²) < 4.78 is 33.4. The van der Waals surface area contributed by atoms with Gasteiger partial charge in [-0.1, -0.05) is 53.5 Å². The molecule has 1 aromatic heterocycles. The smallest absolute Gasteiger partial charge is 0.265 e. The zero-order chi connectivity index (χ0) is 27.6. The molecule has 5 aromatic rings. The number of fused-ring (bicyclic) bond motifs is 1. The van der Waals surface area contributed by atoms with E-state index in [1.54, 1.807) is 60.7 Å². The van der Waals surface area contributed by atoms with E-state index >= 15 is 0 Å². The zero-order valence-electron chi connectivity index (χ0n) is 20.6. The molecule has 0 saturated heterocycles. The van der Waals surface area contributed by atoms with E-state index in [0.29, 0.717) is 37.8 Å². The van der Waals surface area contributed by atoms with E-state index in [0.717, 1.165) is 15.6 Å². The summed E-state index contributed by atoms with van der Waals surface area (Å²) in [5.41, 5.74) is 1.73. The van der Waals surface area contributed by atoms with Crippen LogP contribution in [0.15, 0.2) is 97.1 Å². The Hall–Kier alpha value is -3.56. The van der Waals surface area contributed by atoms with Crippen molar-refractivity contribution < 1.29 is 17.9 Å². The first-order valence-electron chi connectivity index (χ1n) is 11.8. The molecule has 0 saturated carbocycles. The van der Waals surface area contributed by atoms with Crippen LogP contribution in [0, 0.1) is 0 Å². The van der Waals surface area contributed by atoms with Gasteiger partial charge in [-0.3, -0.25) is 9.10 Å². The number of sulfonamides is 1. The van der Waals surface area contributed by atoms with Crippen LogP contribution >= 0.6 is 34.5 Å². The summed E-state index contributed by atoms with van der Waals surface area (Å²) in [7, 11) is -3.58. The fourth-order valence-electron chi connectivity index (χ4n) is 3.94. The second kappa shape index (κ2) is 11.3. The molecule has 0 bridgehead atoms. The van der Waals surface area contributed by atoms with Crippen LogP contribution < -0.4 is 14.4 Å². The average Bonchev–Trinajstić information content (AvgIpc) is 3.33. The highest BCUT2D eigenvalue weighted by molar-refractivity contribution is 7.92. The number of rotatable bonds is 8. The van der Waals surface area contributed by atoms with Crippen LogP contribution in [0.3, 0.4) is 0 Å². The van der Waals surface area contributed by atoms with E-state index in [-0.39, 0.29) is 12.5 Å². The number of halogens is 2. The summed E-state index contributed by atoms with van der Waals surface area (Å²) in [6.07, 6.45) is 1.17. The van der Waals surface area contributed by atoms with Gasteiger partial charge in [-0.15, -0.1) is 11.3 Å². The number of nitrogens with zero attached hydrogens (tertiary/aromatic N) is 1. The van der Waals surface area contributed by atoms with Crippen LogP contribution in [0.2, 0.25) is 10.0 Å². The standard InChI is InChI=1S/C29H22Cl2N2O4S2/c1-39(35,36)33(18-19-7-9-21(30)10-8-19)23-12-14-27-20(15-23)16-28(38-27)29(34)32-25-17-22(31)11-13-26(25)37-24-5-3-2-4-6-24/h2-17H,18H2,1H3,(H,32,34). The van der Waals surface area contributed by atoms with Gasteiger partial charge in [-0.25, -0.2) is 8.42 Å². The van der Waals surface area contributed by atoms with Crippen LogP contribution in [0.25, 0.3) is 10.1 Å². The summed E-state index contributed by atoms with van der Waals surface area (Å²) in [6.45, 7) is 0.151. The van der Waals surface area contributed by atoms with Crippen molar-refractivity contribution in [2.75, 3.05) is 15.9 Å². The van der Waals surface area contributed by atoms with Gasteiger partial charge >= 0.3 is 0 Å². The molecule has 0 radical (unpaired) electrons. The van der Waals surface area contributed by atoms with Gasteiger partial charge < -0.3 is 10.1 Å². The molecule has 0 unspecified atom stereocenters. The predicted octanol–water partition coefficient (Wildman–Crippen LogP) is 8.22. The van der Waals surface area contributed by atoms with Crippen LogP contribution in [-0.2, 0) is 16.6 Å². The molecule has 39 heavy (non-hydrogen) atoms. The predicted molar refractivity (Wildman–Crippen MR) is 160 cm³/mol. The summed E-state index contributed by atoms with van der Waals surface area (Å²) in [4.78, 5) is 13.7. The number of para-hydroxylation sites is 1. The molecule has 1 heterocycles. The van der Waals surface area contributed by atoms with Gasteiger partial charge in [0.25, 0.3) is 5.91 Å². The average molecular weight is 598 g/mol. The largest absolute Gasteiger partial charge is 0.455 e. The lowest BCUT2D eigenvalue weighted by Crippen LogP contribution is -2.29. The first-order valence-corrected chi connectivity index (χ1v) is 15.2. The van der Waals surface area contributed by atoms with Crippen molar-refractivity contribution in [2.24, 2.45) is 0 Å². The lowest BCUT2D eigenvalue weighted by atomic mass is 10.2. The minimum atomic E-state index is -3.58. The third-order valence-electron chi connectivity index (χ3n) is 5.81. The van der Waals surface area contributed by atoms with Crippen molar-refractivity contribution in [1.29, 1.82) is 0 Å². The van der Waals surface area contributed by atoms with Crippen LogP contribution in [0.4, 0.5) is 11.4 Å². The molecule has 5 rings (SSSR count). The maximum atomic E-state index is 13.2. The fourth-order valence-corrected chi connectivity index (χ4v) is 6.06. The third-order valence-corrected chi connectivity index (χ3v) is 8.55. The van der Waals surface area contributed by atoms with Crippen molar-refractivity contribution >= 4 is 71.9 Å². The van der Waals surface area contributed by atoms with Crippen molar-refractivity contribution in [3.05, 3.63) is 118 Å². The van der Waals surface area contributed by atoms with E-state index in [2.05, 4.69) is 5.32 Å². The number of hydrogen-bond donors (Lipinski definition) is 1. The molecule has 6 nitrogen and oxygen atoms in total. The lowest BCUT2D eigenvalue weighted by Gasteiger charge is -2.22. The maximum absolute atomic E-state index is 13.2. The van der Waals surface area contributed by atoms with E-state index in [4.69, 9.17) is 27.9 Å². The van der Waals surface area contributed by atoms with Gasteiger partial charge in [0.2, 0.25) is 10.0 Å². The normalized spacial score (nSPS) is 11.4. The van der Waals surface area contributed by atoms with E-state index in [1.807, 2.05) is 36.4 Å². The summed E-state index contributed by atoms with van der Waals surface area (Å²) >= 11 is 13.5. The Labute approximate surface area is 240 Å². The quantitative estimate of drug-likeness (QED) is 0.196. The second-order valence-electron chi connectivity index (χ2n) is 8.74. The van der Waals surface area contributed by atoms with Crippen LogP contribution in [0.5, 0.6) is 11.5 Å². The SMILES string of the molecule is CS(=O)(=O)N(Cc1ccc(Cl)cc1)c1ccc2sc(C(=O)Nc3cc(Cl)ccc3Oc3ccccc3)cc2c1. The van der Waals surface area contributed by atoms with Crippen LogP contribution in [0.1, 0.15) is 15.2 Å². The molecule has 4 aromatic carbocycles. The van der Waals surface area contributed by atoms with Gasteiger partial charge in [0, 0.05) is 14.7 Å². The van der Waals surface area contributed by atoms with Crippen molar-refractivity contribution in [1.82, 2.24) is 0 Å². The molecular formula is C29H22Cl2N2O4S2. The molecule has 1 N–H and O–H groups in total. The molecule has 0 aliphatic heterocycles. The lowest BCUT2D eigenvalue weighted by molar-refractivity contribution is 0.103. The minimum absolute atomic E-state index is 0.151. The topological polar surface area (TPSA) is 75.7 Å². The molecule has 0 aliphatic carbocycles. The number of thiophene rings is 1.